The van der Waals surface area contributed by atoms with E-state index in [1.54, 1.807) is 24.3 Å². The Balaban J connectivity index is 1.71. The van der Waals surface area contributed by atoms with E-state index in [0.29, 0.717) is 17.3 Å². The Morgan fingerprint density at radius 1 is 1.35 bits per heavy atom. The number of carbonyl (C=O) groups excluding carboxylic acids is 2. The summed E-state index contributed by atoms with van der Waals surface area (Å²) >= 11 is 5.95. The number of pyridine rings is 1. The van der Waals surface area contributed by atoms with Gasteiger partial charge in [0.15, 0.2) is 15.9 Å². The van der Waals surface area contributed by atoms with E-state index in [-0.39, 0.29) is 22.2 Å². The summed E-state index contributed by atoms with van der Waals surface area (Å²) in [6.07, 6.45) is -0.712. The molecule has 2 aromatic rings. The maximum absolute atomic E-state index is 12.5. The predicted octanol–water partition coefficient (Wildman–Crippen LogP) is 1.74. The molecule has 9 heteroatoms. The summed E-state index contributed by atoms with van der Waals surface area (Å²) in [5, 5.41) is 3.31. The van der Waals surface area contributed by atoms with Crippen molar-refractivity contribution < 1.29 is 22.7 Å². The van der Waals surface area contributed by atoms with E-state index in [9.17, 15) is 18.0 Å². The number of nitrogens with zero attached hydrogens (tertiary/aromatic N) is 1. The molecule has 0 saturated carbocycles. The van der Waals surface area contributed by atoms with Gasteiger partial charge in [-0.05, 0) is 25.5 Å². The van der Waals surface area contributed by atoms with Crippen LogP contribution in [-0.2, 0) is 19.4 Å². The zero-order chi connectivity index (χ0) is 18.9. The number of aromatic nitrogens is 1. The van der Waals surface area contributed by atoms with E-state index < -0.39 is 33.9 Å². The zero-order valence-corrected chi connectivity index (χ0v) is 15.5. The summed E-state index contributed by atoms with van der Waals surface area (Å²) in [6.45, 7) is 1.43. The molecular weight excluding hydrogens is 380 g/mol. The Kier molecular flexibility index (Phi) is 5.15. The number of benzene rings is 1. The quantitative estimate of drug-likeness (QED) is 0.623. The highest BCUT2D eigenvalue weighted by atomic mass is 35.5. The molecular formula is C17H17ClN2O5S. The van der Waals surface area contributed by atoms with Crippen LogP contribution in [0, 0.1) is 0 Å². The van der Waals surface area contributed by atoms with Gasteiger partial charge in [-0.15, -0.1) is 0 Å². The molecule has 138 valence electrons. The molecule has 1 aromatic heterocycles. The number of ether oxygens (including phenoxy) is 1. The van der Waals surface area contributed by atoms with Crippen LogP contribution in [0.25, 0.3) is 10.9 Å². The standard InChI is InChI=1S/C17H17ClN2O5S/c1-10(16(21)19-11-6-7-26(23,24)9-11)25-17(22)13-8-15(18)20-14-5-3-2-4-12(13)14/h2-5,8,10-11H,6-7,9H2,1H3,(H,19,21)/t10-,11-/m1/s1. The number of carbonyl (C=O) groups is 2. The molecule has 1 aliphatic heterocycles. The van der Waals surface area contributed by atoms with Crippen molar-refractivity contribution >= 4 is 44.2 Å². The maximum atomic E-state index is 12.5. The van der Waals surface area contributed by atoms with Gasteiger partial charge in [-0.3, -0.25) is 4.79 Å². The highest BCUT2D eigenvalue weighted by Gasteiger charge is 2.31. The minimum atomic E-state index is -3.11. The third-order valence-corrected chi connectivity index (χ3v) is 6.10. The van der Waals surface area contributed by atoms with E-state index in [0.717, 1.165) is 0 Å². The smallest absolute Gasteiger partial charge is 0.339 e. The van der Waals surface area contributed by atoms with Crippen molar-refractivity contribution in [2.75, 3.05) is 11.5 Å². The first-order valence-electron chi connectivity index (χ1n) is 8.02. The van der Waals surface area contributed by atoms with Crippen LogP contribution in [0.15, 0.2) is 30.3 Å². The van der Waals surface area contributed by atoms with Crippen molar-refractivity contribution in [1.29, 1.82) is 0 Å². The van der Waals surface area contributed by atoms with Crippen molar-refractivity contribution in [3.63, 3.8) is 0 Å². The van der Waals surface area contributed by atoms with Gasteiger partial charge in [0.2, 0.25) is 0 Å². The largest absolute Gasteiger partial charge is 0.449 e. The lowest BCUT2D eigenvalue weighted by molar-refractivity contribution is -0.129. The second kappa shape index (κ2) is 7.20. The van der Waals surface area contributed by atoms with Crippen LogP contribution >= 0.6 is 11.6 Å². The average molecular weight is 397 g/mol. The fraction of sp³-hybridized carbons (Fsp3) is 0.353. The van der Waals surface area contributed by atoms with Crippen molar-refractivity contribution in [2.24, 2.45) is 0 Å². The lowest BCUT2D eigenvalue weighted by Crippen LogP contribution is -2.42. The summed E-state index contributed by atoms with van der Waals surface area (Å²) in [5.74, 6) is -1.28. The van der Waals surface area contributed by atoms with E-state index in [1.807, 2.05) is 0 Å². The molecule has 1 aliphatic rings. The molecule has 1 amide bonds. The van der Waals surface area contributed by atoms with Gasteiger partial charge in [0, 0.05) is 11.4 Å². The monoisotopic (exact) mass is 396 g/mol. The summed E-state index contributed by atoms with van der Waals surface area (Å²) in [6, 6.07) is 7.89. The van der Waals surface area contributed by atoms with Crippen LogP contribution in [0.5, 0.6) is 0 Å². The van der Waals surface area contributed by atoms with Crippen molar-refractivity contribution in [3.05, 3.63) is 41.0 Å². The van der Waals surface area contributed by atoms with Gasteiger partial charge in [0.1, 0.15) is 5.15 Å². The molecule has 1 saturated heterocycles. The Morgan fingerprint density at radius 2 is 2.08 bits per heavy atom. The minimum Gasteiger partial charge on any atom is -0.449 e. The number of rotatable bonds is 4. The zero-order valence-electron chi connectivity index (χ0n) is 13.9. The lowest BCUT2D eigenvalue weighted by Gasteiger charge is -2.17. The Bertz CT molecular complexity index is 976. The molecule has 1 aromatic carbocycles. The molecule has 0 bridgehead atoms. The summed E-state index contributed by atoms with van der Waals surface area (Å²) < 4.78 is 28.1. The van der Waals surface area contributed by atoms with Crippen molar-refractivity contribution in [3.8, 4) is 0 Å². The second-order valence-electron chi connectivity index (χ2n) is 6.17. The third kappa shape index (κ3) is 4.13. The van der Waals surface area contributed by atoms with Crippen molar-refractivity contribution in [2.45, 2.75) is 25.5 Å². The molecule has 26 heavy (non-hydrogen) atoms. The van der Waals surface area contributed by atoms with Gasteiger partial charge in [-0.25, -0.2) is 18.2 Å². The van der Waals surface area contributed by atoms with E-state index >= 15 is 0 Å². The Labute approximate surface area is 155 Å². The van der Waals surface area contributed by atoms with Crippen LogP contribution in [0.3, 0.4) is 0 Å². The number of hydrogen-bond donors (Lipinski definition) is 1. The molecule has 0 aliphatic carbocycles. The SMILES string of the molecule is C[C@@H](OC(=O)c1cc(Cl)nc2ccccc12)C(=O)N[C@@H]1CCS(=O)(=O)C1. The van der Waals surface area contributed by atoms with Gasteiger partial charge in [-0.1, -0.05) is 29.8 Å². The molecule has 0 radical (unpaired) electrons. The number of para-hydroxylation sites is 1. The van der Waals surface area contributed by atoms with E-state index in [2.05, 4.69) is 10.3 Å². The molecule has 7 nitrogen and oxygen atoms in total. The second-order valence-corrected chi connectivity index (χ2v) is 8.78. The van der Waals surface area contributed by atoms with Crippen LogP contribution in [0.4, 0.5) is 0 Å². The van der Waals surface area contributed by atoms with Gasteiger partial charge in [0.25, 0.3) is 5.91 Å². The normalized spacial score (nSPS) is 19.8. The number of sulfone groups is 1. The fourth-order valence-electron chi connectivity index (χ4n) is 2.82. The molecule has 1 N–H and O–H groups in total. The van der Waals surface area contributed by atoms with Crippen molar-refractivity contribution in [1.82, 2.24) is 10.3 Å². The summed E-state index contributed by atoms with van der Waals surface area (Å²) in [4.78, 5) is 28.8. The van der Waals surface area contributed by atoms with Crippen LogP contribution in [0.2, 0.25) is 5.15 Å². The highest BCUT2D eigenvalue weighted by molar-refractivity contribution is 7.91. The first kappa shape index (κ1) is 18.6. The van der Waals surface area contributed by atoms with Gasteiger partial charge in [0.05, 0.1) is 22.6 Å². The molecule has 3 rings (SSSR count). The van der Waals surface area contributed by atoms with Gasteiger partial charge in [-0.2, -0.15) is 0 Å². The Hall–Kier alpha value is -2.19. The number of hydrogen-bond acceptors (Lipinski definition) is 6. The average Bonchev–Trinajstić information content (AvgIpc) is 2.92. The third-order valence-electron chi connectivity index (χ3n) is 4.14. The first-order chi connectivity index (χ1) is 12.2. The summed E-state index contributed by atoms with van der Waals surface area (Å²) in [7, 11) is -3.11. The number of esters is 1. The topological polar surface area (TPSA) is 102 Å². The van der Waals surface area contributed by atoms with Crippen LogP contribution < -0.4 is 5.32 Å². The fourth-order valence-corrected chi connectivity index (χ4v) is 4.69. The van der Waals surface area contributed by atoms with E-state index in [1.165, 1.54) is 13.0 Å². The molecule has 0 spiro atoms. The number of nitrogens with one attached hydrogen (secondary N) is 1. The molecule has 2 atom stereocenters. The predicted molar refractivity (Wildman–Crippen MR) is 96.8 cm³/mol. The first-order valence-corrected chi connectivity index (χ1v) is 10.2. The molecule has 0 unspecified atom stereocenters. The Morgan fingerprint density at radius 3 is 2.77 bits per heavy atom. The maximum Gasteiger partial charge on any atom is 0.339 e. The molecule has 2 heterocycles. The molecule has 1 fully saturated rings. The number of fused-ring (bicyclic) bond motifs is 1. The van der Waals surface area contributed by atoms with Crippen LogP contribution in [-0.4, -0.2) is 48.9 Å². The highest BCUT2D eigenvalue weighted by Crippen LogP contribution is 2.22. The lowest BCUT2D eigenvalue weighted by atomic mass is 10.1. The number of amides is 1. The van der Waals surface area contributed by atoms with E-state index in [4.69, 9.17) is 16.3 Å². The summed E-state index contributed by atoms with van der Waals surface area (Å²) in [5.41, 5.74) is 0.754. The van der Waals surface area contributed by atoms with Crippen LogP contribution in [0.1, 0.15) is 23.7 Å². The number of halogens is 1. The van der Waals surface area contributed by atoms with Gasteiger partial charge >= 0.3 is 5.97 Å². The minimum absolute atomic E-state index is 0.0492. The van der Waals surface area contributed by atoms with Gasteiger partial charge < -0.3 is 10.1 Å².